The molecule has 2 aliphatic rings. The summed E-state index contributed by atoms with van der Waals surface area (Å²) >= 11 is 1.69. The van der Waals surface area contributed by atoms with E-state index in [4.69, 9.17) is 4.74 Å². The molecule has 1 aromatic heterocycles. The van der Waals surface area contributed by atoms with E-state index >= 15 is 0 Å². The van der Waals surface area contributed by atoms with Gasteiger partial charge in [-0.2, -0.15) is 0 Å². The molecular weight excluding hydrogens is 482 g/mol. The fourth-order valence-electron chi connectivity index (χ4n) is 5.43. The number of benzene rings is 2. The maximum atomic E-state index is 13.8. The third-order valence-corrected chi connectivity index (χ3v) is 7.96. The molecule has 2 aromatic carbocycles. The Balaban J connectivity index is 1.57. The van der Waals surface area contributed by atoms with E-state index in [0.29, 0.717) is 24.3 Å². The molecule has 3 aromatic rings. The van der Waals surface area contributed by atoms with Gasteiger partial charge in [0.1, 0.15) is 5.75 Å². The van der Waals surface area contributed by atoms with Crippen LogP contribution in [0.2, 0.25) is 0 Å². The zero-order valence-corrected chi connectivity index (χ0v) is 22.4. The van der Waals surface area contributed by atoms with Crippen LogP contribution in [0.15, 0.2) is 77.3 Å². The second kappa shape index (κ2) is 10.4. The zero-order chi connectivity index (χ0) is 26.0. The largest absolute Gasteiger partial charge is 0.496 e. The number of hydrogen-bond acceptors (Lipinski definition) is 6. The minimum Gasteiger partial charge on any atom is -0.496 e. The molecule has 2 N–H and O–H groups in total. The molecule has 6 nitrogen and oxygen atoms in total. The lowest BCUT2D eigenvalue weighted by molar-refractivity contribution is -0.120. The molecule has 1 amide bonds. The number of ketones is 1. The number of carbonyl (C=O) groups is 2. The number of carbonyl (C=O) groups excluding carboxylic acids is 2. The molecule has 1 atom stereocenters. The molecule has 2 heterocycles. The number of thiophene rings is 1. The van der Waals surface area contributed by atoms with Gasteiger partial charge in [-0.3, -0.25) is 9.59 Å². The summed E-state index contributed by atoms with van der Waals surface area (Å²) in [6, 6.07) is 19.4. The summed E-state index contributed by atoms with van der Waals surface area (Å²) in [4.78, 5) is 30.4. The molecule has 0 saturated carbocycles. The zero-order valence-electron chi connectivity index (χ0n) is 21.5. The summed E-state index contributed by atoms with van der Waals surface area (Å²) in [7, 11) is 1.64. The summed E-state index contributed by atoms with van der Waals surface area (Å²) < 4.78 is 5.76. The van der Waals surface area contributed by atoms with Crippen molar-refractivity contribution >= 4 is 34.4 Å². The van der Waals surface area contributed by atoms with Crippen LogP contribution in [0.3, 0.4) is 0 Å². The quantitative estimate of drug-likeness (QED) is 0.420. The molecule has 0 saturated heterocycles. The molecule has 0 radical (unpaired) electrons. The summed E-state index contributed by atoms with van der Waals surface area (Å²) in [5.41, 5.74) is 4.13. The second-order valence-electron chi connectivity index (χ2n) is 10.4. The van der Waals surface area contributed by atoms with E-state index in [-0.39, 0.29) is 23.7 Å². The van der Waals surface area contributed by atoms with Crippen molar-refractivity contribution in [3.63, 3.8) is 0 Å². The highest BCUT2D eigenvalue weighted by atomic mass is 32.1. The number of hydrogen-bond donors (Lipinski definition) is 2. The molecule has 37 heavy (non-hydrogen) atoms. The highest BCUT2D eigenvalue weighted by Crippen LogP contribution is 2.49. The minimum absolute atomic E-state index is 0.0844. The second-order valence-corrected chi connectivity index (χ2v) is 11.5. The summed E-state index contributed by atoms with van der Waals surface area (Å²) in [6.07, 6.45) is 1.99. The predicted octanol–water partition coefficient (Wildman–Crippen LogP) is 5.73. The Hall–Kier alpha value is -3.58. The predicted molar refractivity (Wildman–Crippen MR) is 149 cm³/mol. The minimum atomic E-state index is -0.464. The number of nitrogens with one attached hydrogen (secondary N) is 2. The number of para-hydroxylation sites is 3. The molecule has 0 fully saturated rings. The fourth-order valence-corrected chi connectivity index (χ4v) is 6.14. The highest BCUT2D eigenvalue weighted by Gasteiger charge is 2.42. The van der Waals surface area contributed by atoms with E-state index in [1.54, 1.807) is 18.4 Å². The lowest BCUT2D eigenvalue weighted by Gasteiger charge is -2.38. The van der Waals surface area contributed by atoms with Gasteiger partial charge < -0.3 is 20.3 Å². The number of Topliss-reactive ketones (excluding diaryl/α,β-unsaturated/α-hetero) is 1. The summed E-state index contributed by atoms with van der Waals surface area (Å²) in [5.74, 6) is 0.712. The Kier molecular flexibility index (Phi) is 7.07. The Bertz CT molecular complexity index is 1330. The van der Waals surface area contributed by atoms with Crippen LogP contribution in [0, 0.1) is 5.41 Å². The van der Waals surface area contributed by atoms with Crippen LogP contribution in [-0.4, -0.2) is 31.9 Å². The highest BCUT2D eigenvalue weighted by molar-refractivity contribution is 7.09. The number of ether oxygens (including phenoxy) is 1. The van der Waals surface area contributed by atoms with E-state index in [2.05, 4.69) is 35.4 Å². The van der Waals surface area contributed by atoms with Crippen molar-refractivity contribution in [1.82, 2.24) is 5.32 Å². The van der Waals surface area contributed by atoms with Crippen LogP contribution in [0.25, 0.3) is 0 Å². The first kappa shape index (κ1) is 25.1. The number of amides is 1. The first-order valence-electron chi connectivity index (χ1n) is 12.7. The van der Waals surface area contributed by atoms with Crippen molar-refractivity contribution in [2.75, 3.05) is 30.4 Å². The average molecular weight is 516 g/mol. The van der Waals surface area contributed by atoms with Gasteiger partial charge >= 0.3 is 0 Å². The van der Waals surface area contributed by atoms with Gasteiger partial charge in [-0.05, 0) is 47.9 Å². The van der Waals surface area contributed by atoms with Gasteiger partial charge in [0.05, 0.1) is 31.1 Å². The number of fused-ring (bicyclic) bond motifs is 1. The third kappa shape index (κ3) is 5.27. The van der Waals surface area contributed by atoms with Crippen LogP contribution in [0.4, 0.5) is 11.4 Å². The molecular formula is C30H33N3O3S. The van der Waals surface area contributed by atoms with E-state index in [1.165, 1.54) is 4.88 Å². The Morgan fingerprint density at radius 3 is 2.68 bits per heavy atom. The molecule has 0 spiro atoms. The van der Waals surface area contributed by atoms with Gasteiger partial charge in [-0.1, -0.05) is 50.2 Å². The summed E-state index contributed by atoms with van der Waals surface area (Å²) in [5, 5.41) is 8.73. The smallest absolute Gasteiger partial charge is 0.239 e. The van der Waals surface area contributed by atoms with Crippen molar-refractivity contribution in [2.24, 2.45) is 5.41 Å². The van der Waals surface area contributed by atoms with E-state index in [1.807, 2.05) is 60.0 Å². The standard InChI is InChI=1S/C30H33N3O3S/c1-30(2)17-23-28(25(34)18-30)29(21-10-4-7-13-26(21)36-3)33(24-12-6-5-11-22(24)32-23)19-27(35)31-15-14-20-9-8-16-37-20/h4-13,16,29,32H,14-15,17-19H2,1-3H3,(H,31,35). The molecule has 192 valence electrons. The SMILES string of the molecule is COc1ccccc1C1C2=C(CC(C)(C)CC2=O)Nc2ccccc2N1CC(=O)NCCc1cccs1. The van der Waals surface area contributed by atoms with Crippen LogP contribution >= 0.6 is 11.3 Å². The monoisotopic (exact) mass is 515 g/mol. The number of anilines is 2. The Morgan fingerprint density at radius 1 is 1.11 bits per heavy atom. The molecule has 1 aliphatic heterocycles. The van der Waals surface area contributed by atoms with Crippen molar-refractivity contribution in [3.8, 4) is 5.75 Å². The third-order valence-electron chi connectivity index (χ3n) is 7.03. The number of nitrogens with zero attached hydrogens (tertiary/aromatic N) is 1. The maximum absolute atomic E-state index is 13.8. The van der Waals surface area contributed by atoms with Gasteiger partial charge in [-0.15, -0.1) is 11.3 Å². The van der Waals surface area contributed by atoms with Gasteiger partial charge in [0.2, 0.25) is 5.91 Å². The average Bonchev–Trinajstić information content (AvgIpc) is 3.34. The molecule has 5 rings (SSSR count). The van der Waals surface area contributed by atoms with Crippen LogP contribution in [0.5, 0.6) is 5.75 Å². The maximum Gasteiger partial charge on any atom is 0.239 e. The molecule has 7 heteroatoms. The molecule has 1 unspecified atom stereocenters. The molecule has 1 aliphatic carbocycles. The van der Waals surface area contributed by atoms with Gasteiger partial charge in [0.15, 0.2) is 5.78 Å². The van der Waals surface area contributed by atoms with Gasteiger partial charge in [0.25, 0.3) is 0 Å². The van der Waals surface area contributed by atoms with E-state index in [0.717, 1.165) is 35.5 Å². The topological polar surface area (TPSA) is 70.7 Å². The van der Waals surface area contributed by atoms with Gasteiger partial charge in [0, 0.05) is 34.7 Å². The van der Waals surface area contributed by atoms with E-state index < -0.39 is 6.04 Å². The number of methoxy groups -OCH3 is 1. The van der Waals surface area contributed by atoms with Crippen molar-refractivity contribution in [1.29, 1.82) is 0 Å². The Morgan fingerprint density at radius 2 is 1.89 bits per heavy atom. The fraction of sp³-hybridized carbons (Fsp3) is 0.333. The molecule has 0 bridgehead atoms. The first-order chi connectivity index (χ1) is 17.9. The van der Waals surface area contributed by atoms with Crippen LogP contribution < -0.4 is 20.3 Å². The normalized spacial score (nSPS) is 18.4. The number of rotatable bonds is 7. The van der Waals surface area contributed by atoms with Crippen LogP contribution in [0.1, 0.15) is 43.2 Å². The van der Waals surface area contributed by atoms with E-state index in [9.17, 15) is 9.59 Å². The number of allylic oxidation sites excluding steroid dienone is 1. The Labute approximate surface area is 222 Å². The van der Waals surface area contributed by atoms with Crippen LogP contribution in [-0.2, 0) is 16.0 Å². The first-order valence-corrected chi connectivity index (χ1v) is 13.6. The lowest BCUT2D eigenvalue weighted by atomic mass is 9.73. The lowest BCUT2D eigenvalue weighted by Crippen LogP contribution is -2.42. The van der Waals surface area contributed by atoms with Crippen molar-refractivity contribution in [3.05, 3.63) is 87.8 Å². The van der Waals surface area contributed by atoms with Crippen molar-refractivity contribution in [2.45, 2.75) is 39.2 Å². The van der Waals surface area contributed by atoms with Gasteiger partial charge in [-0.25, -0.2) is 0 Å². The summed E-state index contributed by atoms with van der Waals surface area (Å²) in [6.45, 7) is 4.93. The van der Waals surface area contributed by atoms with Crippen molar-refractivity contribution < 1.29 is 14.3 Å².